The van der Waals surface area contributed by atoms with Crippen LogP contribution in [-0.2, 0) is 5.75 Å². The number of imidazole rings is 1. The maximum Gasteiger partial charge on any atom is 0.174 e. The van der Waals surface area contributed by atoms with E-state index in [-0.39, 0.29) is 0 Å². The summed E-state index contributed by atoms with van der Waals surface area (Å²) in [6.45, 7) is 2.07. The van der Waals surface area contributed by atoms with Gasteiger partial charge in [-0.25, -0.2) is 9.97 Å². The summed E-state index contributed by atoms with van der Waals surface area (Å²) >= 11 is 1.73. The van der Waals surface area contributed by atoms with Gasteiger partial charge in [-0.2, -0.15) is 0 Å². The van der Waals surface area contributed by atoms with Crippen LogP contribution in [0.25, 0.3) is 5.82 Å². The van der Waals surface area contributed by atoms with Gasteiger partial charge in [-0.1, -0.05) is 36.0 Å². The minimum absolute atomic E-state index is 0.872. The predicted molar refractivity (Wildman–Crippen MR) is 96.4 cm³/mol. The standard InChI is InChI=1S/C18H20N4S/c1-14-7-6-10-19-17(14)22-12-11-20-18(22)23-13-15-8-4-5-9-16(15)21(2)3/h4-12H,13H2,1-3H3. The highest BCUT2D eigenvalue weighted by Gasteiger charge is 2.11. The molecule has 2 aromatic heterocycles. The van der Waals surface area contributed by atoms with Gasteiger partial charge < -0.3 is 4.90 Å². The van der Waals surface area contributed by atoms with Crippen LogP contribution in [0.1, 0.15) is 11.1 Å². The van der Waals surface area contributed by atoms with E-state index >= 15 is 0 Å². The van der Waals surface area contributed by atoms with Crippen molar-refractivity contribution in [2.24, 2.45) is 0 Å². The van der Waals surface area contributed by atoms with E-state index < -0.39 is 0 Å². The summed E-state index contributed by atoms with van der Waals surface area (Å²) in [6.07, 6.45) is 5.61. The first kappa shape index (κ1) is 15.6. The first-order valence-corrected chi connectivity index (χ1v) is 8.49. The highest BCUT2D eigenvalue weighted by Crippen LogP contribution is 2.28. The van der Waals surface area contributed by atoms with E-state index in [2.05, 4.69) is 70.8 Å². The first-order chi connectivity index (χ1) is 11.2. The van der Waals surface area contributed by atoms with Gasteiger partial charge in [-0.05, 0) is 30.2 Å². The molecule has 0 fully saturated rings. The molecule has 0 aliphatic rings. The summed E-state index contributed by atoms with van der Waals surface area (Å²) in [5.41, 5.74) is 3.68. The fourth-order valence-electron chi connectivity index (χ4n) is 2.50. The molecular weight excluding hydrogens is 304 g/mol. The zero-order chi connectivity index (χ0) is 16.2. The Morgan fingerprint density at radius 2 is 1.87 bits per heavy atom. The first-order valence-electron chi connectivity index (χ1n) is 7.50. The Morgan fingerprint density at radius 1 is 1.04 bits per heavy atom. The number of benzene rings is 1. The molecule has 1 aromatic carbocycles. The highest BCUT2D eigenvalue weighted by atomic mass is 32.2. The normalized spacial score (nSPS) is 10.7. The lowest BCUT2D eigenvalue weighted by atomic mass is 10.2. The van der Waals surface area contributed by atoms with Gasteiger partial charge >= 0.3 is 0 Å². The third kappa shape index (κ3) is 3.40. The predicted octanol–water partition coefficient (Wildman–Crippen LogP) is 3.93. The molecule has 0 saturated carbocycles. The minimum Gasteiger partial charge on any atom is -0.377 e. The average Bonchev–Trinajstić information content (AvgIpc) is 3.02. The third-order valence-electron chi connectivity index (χ3n) is 3.65. The lowest BCUT2D eigenvalue weighted by Gasteiger charge is -2.17. The van der Waals surface area contributed by atoms with Crippen LogP contribution in [0.15, 0.2) is 60.1 Å². The summed E-state index contributed by atoms with van der Waals surface area (Å²) in [5.74, 6) is 1.81. The van der Waals surface area contributed by atoms with Crippen LogP contribution >= 0.6 is 11.8 Å². The Balaban J connectivity index is 1.84. The quantitative estimate of drug-likeness (QED) is 0.666. The van der Waals surface area contributed by atoms with E-state index in [1.54, 1.807) is 11.8 Å². The van der Waals surface area contributed by atoms with Crippen LogP contribution in [0.5, 0.6) is 0 Å². The topological polar surface area (TPSA) is 34.0 Å². The number of hydrogen-bond donors (Lipinski definition) is 0. The number of anilines is 1. The van der Waals surface area contributed by atoms with Gasteiger partial charge in [0.2, 0.25) is 0 Å². The monoisotopic (exact) mass is 324 g/mol. The van der Waals surface area contributed by atoms with Gasteiger partial charge in [-0.15, -0.1) is 0 Å². The summed E-state index contributed by atoms with van der Waals surface area (Å²) < 4.78 is 2.05. The molecule has 2 heterocycles. The number of aryl methyl sites for hydroxylation is 1. The maximum absolute atomic E-state index is 4.50. The van der Waals surface area contributed by atoms with Crippen LogP contribution in [-0.4, -0.2) is 28.6 Å². The van der Waals surface area contributed by atoms with Crippen molar-refractivity contribution in [3.05, 3.63) is 66.1 Å². The largest absolute Gasteiger partial charge is 0.377 e. The second-order valence-electron chi connectivity index (χ2n) is 5.54. The maximum atomic E-state index is 4.50. The van der Waals surface area contributed by atoms with Crippen LogP contribution in [0.4, 0.5) is 5.69 Å². The molecule has 3 rings (SSSR count). The Hall–Kier alpha value is -2.27. The summed E-state index contributed by atoms with van der Waals surface area (Å²) in [6, 6.07) is 12.5. The molecule has 0 unspecified atom stereocenters. The van der Waals surface area contributed by atoms with E-state index in [1.807, 2.05) is 24.7 Å². The van der Waals surface area contributed by atoms with Crippen molar-refractivity contribution in [2.75, 3.05) is 19.0 Å². The fourth-order valence-corrected chi connectivity index (χ4v) is 3.45. The molecular formula is C18H20N4S. The van der Waals surface area contributed by atoms with Crippen molar-refractivity contribution in [1.29, 1.82) is 0 Å². The second-order valence-corrected chi connectivity index (χ2v) is 6.48. The lowest BCUT2D eigenvalue weighted by molar-refractivity contribution is 0.854. The van der Waals surface area contributed by atoms with Crippen LogP contribution in [0, 0.1) is 6.92 Å². The molecule has 0 aliphatic heterocycles. The molecule has 0 aliphatic carbocycles. The number of aromatic nitrogens is 3. The number of nitrogens with zero attached hydrogens (tertiary/aromatic N) is 4. The Bertz CT molecular complexity index is 795. The average molecular weight is 324 g/mol. The molecule has 0 N–H and O–H groups in total. The molecule has 4 nitrogen and oxygen atoms in total. The van der Waals surface area contributed by atoms with Gasteiger partial charge in [0.1, 0.15) is 5.82 Å². The minimum atomic E-state index is 0.872. The molecule has 0 spiro atoms. The second kappa shape index (κ2) is 6.87. The van der Waals surface area contributed by atoms with E-state index in [0.717, 1.165) is 22.3 Å². The van der Waals surface area contributed by atoms with Crippen molar-refractivity contribution in [1.82, 2.24) is 14.5 Å². The molecule has 0 amide bonds. The van der Waals surface area contributed by atoms with Crippen LogP contribution < -0.4 is 4.90 Å². The Morgan fingerprint density at radius 3 is 2.65 bits per heavy atom. The number of thioether (sulfide) groups is 1. The van der Waals surface area contributed by atoms with Gasteiger partial charge in [0, 0.05) is 44.1 Å². The van der Waals surface area contributed by atoms with Crippen LogP contribution in [0.3, 0.4) is 0 Å². The van der Waals surface area contributed by atoms with E-state index in [4.69, 9.17) is 0 Å². The summed E-state index contributed by atoms with van der Waals surface area (Å²) in [7, 11) is 4.14. The lowest BCUT2D eigenvalue weighted by Crippen LogP contribution is -2.10. The molecule has 5 heteroatoms. The third-order valence-corrected chi connectivity index (χ3v) is 4.66. The van der Waals surface area contributed by atoms with Crippen molar-refractivity contribution in [2.45, 2.75) is 17.8 Å². The molecule has 0 radical (unpaired) electrons. The smallest absolute Gasteiger partial charge is 0.174 e. The molecule has 3 aromatic rings. The highest BCUT2D eigenvalue weighted by molar-refractivity contribution is 7.98. The molecule has 23 heavy (non-hydrogen) atoms. The van der Waals surface area contributed by atoms with Gasteiger partial charge in [-0.3, -0.25) is 4.57 Å². The van der Waals surface area contributed by atoms with E-state index in [1.165, 1.54) is 11.3 Å². The van der Waals surface area contributed by atoms with Gasteiger partial charge in [0.15, 0.2) is 5.16 Å². The number of pyridine rings is 1. The van der Waals surface area contributed by atoms with Crippen LogP contribution in [0.2, 0.25) is 0 Å². The van der Waals surface area contributed by atoms with Crippen molar-refractivity contribution in [3.63, 3.8) is 0 Å². The molecule has 0 saturated heterocycles. The number of rotatable bonds is 5. The number of hydrogen-bond acceptors (Lipinski definition) is 4. The van der Waals surface area contributed by atoms with E-state index in [0.29, 0.717) is 0 Å². The molecule has 0 bridgehead atoms. The van der Waals surface area contributed by atoms with Crippen molar-refractivity contribution < 1.29 is 0 Å². The van der Waals surface area contributed by atoms with Crippen molar-refractivity contribution >= 4 is 17.4 Å². The zero-order valence-electron chi connectivity index (χ0n) is 13.6. The molecule has 118 valence electrons. The van der Waals surface area contributed by atoms with E-state index in [9.17, 15) is 0 Å². The van der Waals surface area contributed by atoms with Gasteiger partial charge in [0.25, 0.3) is 0 Å². The SMILES string of the molecule is Cc1cccnc1-n1ccnc1SCc1ccccc1N(C)C. The Labute approximate surface area is 141 Å². The molecule has 0 atom stereocenters. The van der Waals surface area contributed by atoms with Crippen molar-refractivity contribution in [3.8, 4) is 5.82 Å². The van der Waals surface area contributed by atoms with Gasteiger partial charge in [0.05, 0.1) is 0 Å². The summed E-state index contributed by atoms with van der Waals surface area (Å²) in [5, 5.41) is 0.959. The zero-order valence-corrected chi connectivity index (χ0v) is 14.4. The summed E-state index contributed by atoms with van der Waals surface area (Å²) in [4.78, 5) is 11.1. The Kier molecular flexibility index (Phi) is 4.67. The number of para-hydroxylation sites is 1. The fraction of sp³-hybridized carbons (Fsp3) is 0.222.